The van der Waals surface area contributed by atoms with Gasteiger partial charge in [-0.15, -0.1) is 0 Å². The molecule has 0 spiro atoms. The van der Waals surface area contributed by atoms with Crippen LogP contribution in [0.4, 0.5) is 0 Å². The highest BCUT2D eigenvalue weighted by molar-refractivity contribution is 7.89. The minimum Gasteiger partial charge on any atom is -0.357 e. The van der Waals surface area contributed by atoms with Crippen LogP contribution >= 0.6 is 0 Å². The van der Waals surface area contributed by atoms with Crippen LogP contribution in [0.15, 0.2) is 71.6 Å². The second kappa shape index (κ2) is 7.86. The number of rotatable bonds is 3. The number of nitrogens with one attached hydrogen (secondary N) is 1. The zero-order chi connectivity index (χ0) is 22.6. The highest BCUT2D eigenvalue weighted by Gasteiger charge is 2.39. The molecule has 1 aliphatic carbocycles. The predicted molar refractivity (Wildman–Crippen MR) is 132 cm³/mol. The lowest BCUT2D eigenvalue weighted by Gasteiger charge is -2.35. The number of benzene rings is 3. The van der Waals surface area contributed by atoms with Crippen LogP contribution in [0.5, 0.6) is 0 Å². The predicted octanol–water partition coefficient (Wildman–Crippen LogP) is 5.69. The first-order valence-electron chi connectivity index (χ1n) is 11.8. The van der Waals surface area contributed by atoms with E-state index in [1.54, 1.807) is 4.31 Å². The number of nitrogens with zero attached hydrogens (tertiary/aromatic N) is 1. The van der Waals surface area contributed by atoms with Crippen molar-refractivity contribution in [1.82, 2.24) is 9.29 Å². The third-order valence-corrected chi connectivity index (χ3v) is 9.17. The van der Waals surface area contributed by atoms with E-state index in [2.05, 4.69) is 48.3 Å². The van der Waals surface area contributed by atoms with Crippen LogP contribution in [0, 0.1) is 6.92 Å². The Labute approximate surface area is 195 Å². The van der Waals surface area contributed by atoms with Crippen molar-refractivity contribution >= 4 is 20.9 Å². The van der Waals surface area contributed by atoms with Crippen molar-refractivity contribution in [2.45, 2.75) is 50.0 Å². The molecule has 1 atom stereocenters. The Morgan fingerprint density at radius 3 is 2.45 bits per heavy atom. The van der Waals surface area contributed by atoms with Gasteiger partial charge in [-0.3, -0.25) is 0 Å². The maximum absolute atomic E-state index is 14.1. The molecule has 4 aromatic rings. The molecule has 1 aliphatic heterocycles. The summed E-state index contributed by atoms with van der Waals surface area (Å²) in [5.74, 6) is 0. The third kappa shape index (κ3) is 3.42. The van der Waals surface area contributed by atoms with Gasteiger partial charge >= 0.3 is 0 Å². The van der Waals surface area contributed by atoms with Gasteiger partial charge in [-0.25, -0.2) is 8.42 Å². The maximum atomic E-state index is 14.1. The number of hydrogen-bond donors (Lipinski definition) is 1. The topological polar surface area (TPSA) is 53.2 Å². The Morgan fingerprint density at radius 1 is 0.879 bits per heavy atom. The molecule has 33 heavy (non-hydrogen) atoms. The number of fused-ring (bicyclic) bond motifs is 4. The molecule has 0 amide bonds. The summed E-state index contributed by atoms with van der Waals surface area (Å²) in [6.45, 7) is 2.52. The first kappa shape index (κ1) is 20.7. The molecule has 0 bridgehead atoms. The van der Waals surface area contributed by atoms with Crippen molar-refractivity contribution in [2.75, 3.05) is 6.54 Å². The van der Waals surface area contributed by atoms with Crippen molar-refractivity contribution in [3.63, 3.8) is 0 Å². The van der Waals surface area contributed by atoms with E-state index in [1.165, 1.54) is 28.5 Å². The Kier molecular flexibility index (Phi) is 4.93. The van der Waals surface area contributed by atoms with Gasteiger partial charge in [0.05, 0.1) is 10.9 Å². The smallest absolute Gasteiger partial charge is 0.244 e. The molecule has 3 aromatic carbocycles. The molecule has 0 radical (unpaired) electrons. The first-order valence-corrected chi connectivity index (χ1v) is 13.3. The molecule has 0 saturated heterocycles. The van der Waals surface area contributed by atoms with E-state index in [-0.39, 0.29) is 6.04 Å². The summed E-state index contributed by atoms with van der Waals surface area (Å²) < 4.78 is 29.8. The van der Waals surface area contributed by atoms with E-state index < -0.39 is 10.0 Å². The van der Waals surface area contributed by atoms with Crippen LogP contribution in [0.25, 0.3) is 10.9 Å². The van der Waals surface area contributed by atoms with E-state index >= 15 is 0 Å². The molecular weight excluding hydrogens is 428 g/mol. The summed E-state index contributed by atoms with van der Waals surface area (Å²) in [7, 11) is -3.67. The molecule has 0 saturated carbocycles. The van der Waals surface area contributed by atoms with Crippen LogP contribution in [0.3, 0.4) is 0 Å². The normalized spacial score (nSPS) is 18.8. The third-order valence-electron chi connectivity index (χ3n) is 7.31. The summed E-state index contributed by atoms with van der Waals surface area (Å²) >= 11 is 0. The number of sulfonamides is 1. The van der Waals surface area contributed by atoms with Gasteiger partial charge in [0.25, 0.3) is 0 Å². The summed E-state index contributed by atoms with van der Waals surface area (Å²) in [6, 6.07) is 21.9. The average molecular weight is 457 g/mol. The fourth-order valence-corrected chi connectivity index (χ4v) is 7.20. The van der Waals surface area contributed by atoms with Gasteiger partial charge in [0.15, 0.2) is 0 Å². The first-order chi connectivity index (χ1) is 16.0. The van der Waals surface area contributed by atoms with Crippen LogP contribution < -0.4 is 0 Å². The van der Waals surface area contributed by atoms with Gasteiger partial charge in [-0.05, 0) is 79.5 Å². The summed E-state index contributed by atoms with van der Waals surface area (Å²) in [5, 5.41) is 1.19. The van der Waals surface area contributed by atoms with E-state index in [0.29, 0.717) is 17.9 Å². The number of H-pyrrole nitrogens is 1. The lowest BCUT2D eigenvalue weighted by atomic mass is 9.92. The highest BCUT2D eigenvalue weighted by Crippen LogP contribution is 2.41. The summed E-state index contributed by atoms with van der Waals surface area (Å²) in [6.07, 6.45) is 5.02. The minimum atomic E-state index is -3.67. The molecule has 6 rings (SSSR count). The second-order valence-electron chi connectivity index (χ2n) is 9.38. The number of aromatic nitrogens is 1. The average Bonchev–Trinajstić information content (AvgIpc) is 3.22. The van der Waals surface area contributed by atoms with Gasteiger partial charge in [-0.1, -0.05) is 54.1 Å². The van der Waals surface area contributed by atoms with Crippen molar-refractivity contribution < 1.29 is 8.42 Å². The summed E-state index contributed by atoms with van der Waals surface area (Å²) in [5.41, 5.74) is 7.93. The molecule has 1 N–H and O–H groups in total. The number of aryl methyl sites for hydroxylation is 3. The minimum absolute atomic E-state index is 0.372. The quantitative estimate of drug-likeness (QED) is 0.430. The number of hydrogen-bond acceptors (Lipinski definition) is 2. The number of aromatic amines is 1. The SMILES string of the molecule is Cc1ccc([C@@H]2c3[nH]c4ccccc4c3CCN2S(=O)(=O)c2ccc3c(c2)CCCC3)cc1. The fourth-order valence-electron chi connectivity index (χ4n) is 5.56. The van der Waals surface area contributed by atoms with Crippen LogP contribution in [0.2, 0.25) is 0 Å². The molecule has 4 nitrogen and oxygen atoms in total. The standard InChI is InChI=1S/C28H28N2O2S/c1-19-10-12-21(13-11-19)28-27-25(24-8-4-5-9-26(24)29-27)16-17-30(28)33(31,32)23-15-14-20-6-2-3-7-22(20)18-23/h4-5,8-15,18,28-29H,2-3,6-7,16-17H2,1H3/t28-/m1/s1. The van der Waals surface area contributed by atoms with Gasteiger partial charge in [-0.2, -0.15) is 4.31 Å². The van der Waals surface area contributed by atoms with Gasteiger partial charge < -0.3 is 4.98 Å². The second-order valence-corrected chi connectivity index (χ2v) is 11.3. The van der Waals surface area contributed by atoms with Crippen LogP contribution in [-0.2, 0) is 29.3 Å². The zero-order valence-electron chi connectivity index (χ0n) is 18.8. The van der Waals surface area contributed by atoms with Crippen molar-refractivity contribution in [3.8, 4) is 0 Å². The highest BCUT2D eigenvalue weighted by atomic mass is 32.2. The maximum Gasteiger partial charge on any atom is 0.244 e. The van der Waals surface area contributed by atoms with Gasteiger partial charge in [0, 0.05) is 23.1 Å². The monoisotopic (exact) mass is 456 g/mol. The molecular formula is C28H28N2O2S. The lowest BCUT2D eigenvalue weighted by Crippen LogP contribution is -2.40. The van der Waals surface area contributed by atoms with E-state index in [4.69, 9.17) is 0 Å². The van der Waals surface area contributed by atoms with E-state index in [0.717, 1.165) is 41.6 Å². The fraction of sp³-hybridized carbons (Fsp3) is 0.286. The molecule has 1 aromatic heterocycles. The zero-order valence-corrected chi connectivity index (χ0v) is 19.7. The Hall–Kier alpha value is -2.89. The van der Waals surface area contributed by atoms with E-state index in [9.17, 15) is 8.42 Å². The largest absolute Gasteiger partial charge is 0.357 e. The van der Waals surface area contributed by atoms with Crippen molar-refractivity contribution in [3.05, 3.63) is 100 Å². The van der Waals surface area contributed by atoms with Crippen LogP contribution in [0.1, 0.15) is 52.4 Å². The molecule has 168 valence electrons. The van der Waals surface area contributed by atoms with Crippen molar-refractivity contribution in [2.24, 2.45) is 0 Å². The Bertz CT molecular complexity index is 1450. The Morgan fingerprint density at radius 2 is 1.64 bits per heavy atom. The molecule has 2 aliphatic rings. The van der Waals surface area contributed by atoms with Crippen LogP contribution in [-0.4, -0.2) is 24.3 Å². The van der Waals surface area contributed by atoms with E-state index in [1.807, 2.05) is 30.3 Å². The lowest BCUT2D eigenvalue weighted by molar-refractivity contribution is 0.340. The Balaban J connectivity index is 1.51. The molecule has 0 unspecified atom stereocenters. The van der Waals surface area contributed by atoms with Gasteiger partial charge in [0.1, 0.15) is 0 Å². The molecule has 5 heteroatoms. The number of para-hydroxylation sites is 1. The van der Waals surface area contributed by atoms with Crippen molar-refractivity contribution in [1.29, 1.82) is 0 Å². The molecule has 0 fully saturated rings. The molecule has 2 heterocycles. The van der Waals surface area contributed by atoms with Gasteiger partial charge in [0.2, 0.25) is 10.0 Å². The summed E-state index contributed by atoms with van der Waals surface area (Å²) in [4.78, 5) is 3.99.